The topological polar surface area (TPSA) is 26.0 Å². The second-order valence-electron chi connectivity index (χ2n) is 4.71. The minimum Gasteiger partial charge on any atom is -0.322 e. The molecule has 0 bridgehead atoms. The van der Waals surface area contributed by atoms with Gasteiger partial charge in [-0.15, -0.1) is 0 Å². The maximum atomic E-state index is 6.34. The molecule has 1 aromatic carbocycles. The van der Waals surface area contributed by atoms with Gasteiger partial charge in [0.15, 0.2) is 0 Å². The summed E-state index contributed by atoms with van der Waals surface area (Å²) in [7, 11) is 0. The lowest BCUT2D eigenvalue weighted by atomic mass is 9.87. The van der Waals surface area contributed by atoms with Crippen LogP contribution >= 0.6 is 11.6 Å². The molecule has 0 saturated carbocycles. The van der Waals surface area contributed by atoms with Crippen LogP contribution in [-0.2, 0) is 5.54 Å². The molecule has 0 aliphatic carbocycles. The fraction of sp³-hybridized carbons (Fsp3) is 0.571. The fourth-order valence-corrected chi connectivity index (χ4v) is 2.33. The number of nitrogens with two attached hydrogens (primary N) is 1. The molecule has 90 valence electrons. The van der Waals surface area contributed by atoms with E-state index in [1.165, 1.54) is 25.7 Å². The summed E-state index contributed by atoms with van der Waals surface area (Å²) in [6, 6.07) is 7.88. The zero-order chi connectivity index (χ0) is 12.0. The van der Waals surface area contributed by atoms with Gasteiger partial charge in [-0.1, -0.05) is 62.4 Å². The van der Waals surface area contributed by atoms with Gasteiger partial charge in [0.1, 0.15) is 0 Å². The van der Waals surface area contributed by atoms with Crippen LogP contribution < -0.4 is 5.73 Å². The molecule has 0 aliphatic heterocycles. The maximum absolute atomic E-state index is 6.34. The van der Waals surface area contributed by atoms with Gasteiger partial charge < -0.3 is 5.73 Å². The number of hydrogen-bond acceptors (Lipinski definition) is 1. The summed E-state index contributed by atoms with van der Waals surface area (Å²) in [5.74, 6) is 0. The summed E-state index contributed by atoms with van der Waals surface area (Å²) in [6.07, 6.45) is 5.97. The predicted molar refractivity (Wildman–Crippen MR) is 71.8 cm³/mol. The Morgan fingerprint density at radius 3 is 2.50 bits per heavy atom. The quantitative estimate of drug-likeness (QED) is 0.728. The van der Waals surface area contributed by atoms with Crippen molar-refractivity contribution < 1.29 is 0 Å². The van der Waals surface area contributed by atoms with Crippen LogP contribution in [0.15, 0.2) is 24.3 Å². The summed E-state index contributed by atoms with van der Waals surface area (Å²) in [4.78, 5) is 0. The largest absolute Gasteiger partial charge is 0.322 e. The smallest absolute Gasteiger partial charge is 0.0456 e. The second kappa shape index (κ2) is 6.27. The lowest BCUT2D eigenvalue weighted by Gasteiger charge is -2.26. The first-order chi connectivity index (χ1) is 7.58. The first-order valence-electron chi connectivity index (χ1n) is 6.12. The lowest BCUT2D eigenvalue weighted by molar-refractivity contribution is 0.424. The number of halogens is 1. The minimum absolute atomic E-state index is 0.300. The van der Waals surface area contributed by atoms with Crippen LogP contribution in [-0.4, -0.2) is 0 Å². The Labute approximate surface area is 104 Å². The lowest BCUT2D eigenvalue weighted by Crippen LogP contribution is -2.33. The third-order valence-electron chi connectivity index (χ3n) is 3.04. The van der Waals surface area contributed by atoms with Gasteiger partial charge >= 0.3 is 0 Å². The molecule has 0 aliphatic rings. The van der Waals surface area contributed by atoms with Crippen molar-refractivity contribution in [2.75, 3.05) is 0 Å². The van der Waals surface area contributed by atoms with E-state index in [0.29, 0.717) is 0 Å². The normalized spacial score (nSPS) is 14.8. The third kappa shape index (κ3) is 3.80. The fourth-order valence-electron chi connectivity index (χ4n) is 1.98. The van der Waals surface area contributed by atoms with Crippen LogP contribution in [0.4, 0.5) is 0 Å². The molecule has 0 radical (unpaired) electrons. The van der Waals surface area contributed by atoms with E-state index < -0.39 is 0 Å². The van der Waals surface area contributed by atoms with E-state index in [0.717, 1.165) is 17.0 Å². The Morgan fingerprint density at radius 1 is 1.19 bits per heavy atom. The van der Waals surface area contributed by atoms with Crippen LogP contribution in [0.3, 0.4) is 0 Å². The molecule has 0 amide bonds. The molecule has 1 unspecified atom stereocenters. The van der Waals surface area contributed by atoms with Gasteiger partial charge in [0.05, 0.1) is 0 Å². The molecule has 2 N–H and O–H groups in total. The first kappa shape index (κ1) is 13.5. The average Bonchev–Trinajstić information content (AvgIpc) is 2.25. The number of unbranched alkanes of at least 4 members (excludes halogenated alkanes) is 3. The molecule has 2 heteroatoms. The zero-order valence-corrected chi connectivity index (χ0v) is 11.1. The first-order valence-corrected chi connectivity index (χ1v) is 6.49. The van der Waals surface area contributed by atoms with Gasteiger partial charge in [-0.3, -0.25) is 0 Å². The Hall–Kier alpha value is -0.530. The molecule has 16 heavy (non-hydrogen) atoms. The standard InChI is InChI=1S/C14H22ClN/c1-3-4-5-8-11-14(2,16)12-9-6-7-10-13(12)15/h6-7,9-10H,3-5,8,11,16H2,1-2H3. The summed E-state index contributed by atoms with van der Waals surface area (Å²) in [5.41, 5.74) is 7.10. The molecule has 0 aromatic heterocycles. The third-order valence-corrected chi connectivity index (χ3v) is 3.37. The molecule has 1 atom stereocenters. The van der Waals surface area contributed by atoms with Crippen LogP contribution in [0, 0.1) is 0 Å². The van der Waals surface area contributed by atoms with Crippen molar-refractivity contribution in [3.8, 4) is 0 Å². The number of rotatable bonds is 6. The second-order valence-corrected chi connectivity index (χ2v) is 5.12. The van der Waals surface area contributed by atoms with Gasteiger partial charge in [-0.05, 0) is 25.0 Å². The van der Waals surface area contributed by atoms with Gasteiger partial charge in [0.2, 0.25) is 0 Å². The van der Waals surface area contributed by atoms with Crippen molar-refractivity contribution in [3.63, 3.8) is 0 Å². The average molecular weight is 240 g/mol. The molecule has 0 fully saturated rings. The molecule has 1 rings (SSSR count). The van der Waals surface area contributed by atoms with E-state index in [-0.39, 0.29) is 5.54 Å². The van der Waals surface area contributed by atoms with Crippen LogP contribution in [0.2, 0.25) is 5.02 Å². The molecule has 1 nitrogen and oxygen atoms in total. The Bertz CT molecular complexity index is 320. The van der Waals surface area contributed by atoms with Gasteiger partial charge in [-0.2, -0.15) is 0 Å². The van der Waals surface area contributed by atoms with Gasteiger partial charge in [0.25, 0.3) is 0 Å². The van der Waals surface area contributed by atoms with Gasteiger partial charge in [-0.25, -0.2) is 0 Å². The molecule has 0 spiro atoms. The monoisotopic (exact) mass is 239 g/mol. The van der Waals surface area contributed by atoms with Crippen molar-refractivity contribution in [3.05, 3.63) is 34.9 Å². The number of benzene rings is 1. The SMILES string of the molecule is CCCCCCC(C)(N)c1ccccc1Cl. The number of hydrogen-bond donors (Lipinski definition) is 1. The molecule has 1 aromatic rings. The van der Waals surface area contributed by atoms with Crippen molar-refractivity contribution in [2.45, 2.75) is 51.5 Å². The van der Waals surface area contributed by atoms with Crippen LogP contribution in [0.25, 0.3) is 0 Å². The van der Waals surface area contributed by atoms with Gasteiger partial charge in [0, 0.05) is 10.6 Å². The van der Waals surface area contributed by atoms with E-state index in [9.17, 15) is 0 Å². The summed E-state index contributed by atoms with van der Waals surface area (Å²) in [6.45, 7) is 4.29. The van der Waals surface area contributed by atoms with Crippen molar-refractivity contribution in [2.24, 2.45) is 5.73 Å². The van der Waals surface area contributed by atoms with Crippen LogP contribution in [0.5, 0.6) is 0 Å². The summed E-state index contributed by atoms with van der Waals surface area (Å²) < 4.78 is 0. The van der Waals surface area contributed by atoms with E-state index in [1.807, 2.05) is 24.3 Å². The summed E-state index contributed by atoms with van der Waals surface area (Å²) >= 11 is 6.17. The molecule has 0 saturated heterocycles. The van der Waals surface area contributed by atoms with E-state index >= 15 is 0 Å². The Morgan fingerprint density at radius 2 is 1.88 bits per heavy atom. The minimum atomic E-state index is -0.300. The summed E-state index contributed by atoms with van der Waals surface area (Å²) in [5, 5.41) is 0.781. The Balaban J connectivity index is 2.59. The van der Waals surface area contributed by atoms with Crippen molar-refractivity contribution in [1.82, 2.24) is 0 Å². The van der Waals surface area contributed by atoms with Crippen molar-refractivity contribution >= 4 is 11.6 Å². The highest BCUT2D eigenvalue weighted by molar-refractivity contribution is 6.31. The van der Waals surface area contributed by atoms with E-state index in [1.54, 1.807) is 0 Å². The highest BCUT2D eigenvalue weighted by atomic mass is 35.5. The molecular weight excluding hydrogens is 218 g/mol. The van der Waals surface area contributed by atoms with E-state index in [4.69, 9.17) is 17.3 Å². The zero-order valence-electron chi connectivity index (χ0n) is 10.3. The highest BCUT2D eigenvalue weighted by Gasteiger charge is 2.22. The van der Waals surface area contributed by atoms with Crippen molar-refractivity contribution in [1.29, 1.82) is 0 Å². The molecular formula is C14H22ClN. The van der Waals surface area contributed by atoms with Crippen LogP contribution in [0.1, 0.15) is 51.5 Å². The predicted octanol–water partition coefficient (Wildman–Crippen LogP) is 4.48. The van der Waals surface area contributed by atoms with E-state index in [2.05, 4.69) is 13.8 Å². The highest BCUT2D eigenvalue weighted by Crippen LogP contribution is 2.29. The Kier molecular flexibility index (Phi) is 5.30. The molecule has 0 heterocycles. The maximum Gasteiger partial charge on any atom is 0.0456 e.